The highest BCUT2D eigenvalue weighted by Crippen LogP contribution is 2.10. The summed E-state index contributed by atoms with van der Waals surface area (Å²) in [6, 6.07) is 1.70. The summed E-state index contributed by atoms with van der Waals surface area (Å²) in [6.07, 6.45) is -1.81. The van der Waals surface area contributed by atoms with Crippen LogP contribution < -0.4 is 10.6 Å². The molecule has 19 heavy (non-hydrogen) atoms. The first kappa shape index (κ1) is 15.2. The second-order valence-corrected chi connectivity index (χ2v) is 4.24. The Morgan fingerprint density at radius 3 is 2.95 bits per heavy atom. The number of guanidine groups is 1. The maximum Gasteiger partial charge on any atom is 0.484 e. The fourth-order valence-electron chi connectivity index (χ4n) is 1.01. The lowest BCUT2D eigenvalue weighted by Crippen LogP contribution is -2.43. The number of aliphatic imine (C=N–C) groups is 1. The van der Waals surface area contributed by atoms with Gasteiger partial charge in [-0.25, -0.2) is 0 Å². The Hall–Kier alpha value is -1.89. The number of thioether (sulfide) groups is 1. The van der Waals surface area contributed by atoms with Crippen LogP contribution in [0.4, 0.5) is 13.2 Å². The molecule has 0 fully saturated rings. The molecule has 10 heteroatoms. The van der Waals surface area contributed by atoms with E-state index < -0.39 is 12.3 Å². The van der Waals surface area contributed by atoms with Crippen molar-refractivity contribution in [1.82, 2.24) is 15.8 Å². The SMILES string of the molecule is N#CNC(=NCCSCc1ccon1)NC(F)(F)F. The minimum Gasteiger partial charge on any atom is -0.364 e. The number of alkyl halides is 3. The lowest BCUT2D eigenvalue weighted by molar-refractivity contribution is -0.142. The topological polar surface area (TPSA) is 86.2 Å². The molecular weight excluding hydrogens is 283 g/mol. The molecule has 0 aliphatic rings. The van der Waals surface area contributed by atoms with Crippen LogP contribution in [0.25, 0.3) is 0 Å². The molecule has 0 amide bonds. The van der Waals surface area contributed by atoms with Crippen LogP contribution in [0.3, 0.4) is 0 Å². The predicted molar refractivity (Wildman–Crippen MR) is 62.9 cm³/mol. The Morgan fingerprint density at radius 1 is 1.58 bits per heavy atom. The van der Waals surface area contributed by atoms with Crippen LogP contribution in [-0.2, 0) is 5.75 Å². The summed E-state index contributed by atoms with van der Waals surface area (Å²) in [7, 11) is 0. The summed E-state index contributed by atoms with van der Waals surface area (Å²) >= 11 is 1.44. The van der Waals surface area contributed by atoms with E-state index in [0.717, 1.165) is 11.0 Å². The van der Waals surface area contributed by atoms with Crippen LogP contribution in [0.5, 0.6) is 0 Å². The van der Waals surface area contributed by atoms with Crippen molar-refractivity contribution < 1.29 is 17.7 Å². The van der Waals surface area contributed by atoms with Crippen LogP contribution in [0.15, 0.2) is 21.8 Å². The second-order valence-electron chi connectivity index (χ2n) is 3.13. The molecule has 0 spiro atoms. The fraction of sp³-hybridized carbons (Fsp3) is 0.444. The molecule has 0 aliphatic carbocycles. The number of nitrogens with zero attached hydrogens (tertiary/aromatic N) is 3. The number of nitrogens with one attached hydrogen (secondary N) is 2. The molecule has 0 bridgehead atoms. The number of hydrogen-bond acceptors (Lipinski definition) is 5. The maximum absolute atomic E-state index is 12.0. The van der Waals surface area contributed by atoms with Gasteiger partial charge >= 0.3 is 6.30 Å². The van der Waals surface area contributed by atoms with Gasteiger partial charge in [0.15, 0.2) is 6.19 Å². The van der Waals surface area contributed by atoms with Crippen LogP contribution in [0.1, 0.15) is 5.69 Å². The summed E-state index contributed by atoms with van der Waals surface area (Å²) < 4.78 is 40.7. The monoisotopic (exact) mass is 293 g/mol. The van der Waals surface area contributed by atoms with Gasteiger partial charge in [-0.2, -0.15) is 30.2 Å². The Balaban J connectivity index is 2.29. The third-order valence-electron chi connectivity index (χ3n) is 1.68. The van der Waals surface area contributed by atoms with Gasteiger partial charge in [-0.05, 0) is 0 Å². The summed E-state index contributed by atoms with van der Waals surface area (Å²) in [5, 5.41) is 14.9. The van der Waals surface area contributed by atoms with E-state index in [9.17, 15) is 13.2 Å². The van der Waals surface area contributed by atoms with Crippen molar-refractivity contribution in [3.05, 3.63) is 18.0 Å². The summed E-state index contributed by atoms with van der Waals surface area (Å²) in [5.74, 6) is 0.458. The van der Waals surface area contributed by atoms with Gasteiger partial charge in [0.25, 0.3) is 0 Å². The molecule has 1 aromatic rings. The van der Waals surface area contributed by atoms with Gasteiger partial charge in [0.05, 0.1) is 12.2 Å². The van der Waals surface area contributed by atoms with E-state index in [1.165, 1.54) is 24.2 Å². The van der Waals surface area contributed by atoms with Gasteiger partial charge in [0, 0.05) is 17.6 Å². The third kappa shape index (κ3) is 7.20. The first-order chi connectivity index (χ1) is 9.01. The summed E-state index contributed by atoms with van der Waals surface area (Å²) in [5.41, 5.74) is 0.748. The minimum absolute atomic E-state index is 0.135. The van der Waals surface area contributed by atoms with E-state index in [1.807, 2.05) is 5.32 Å². The highest BCUT2D eigenvalue weighted by Gasteiger charge is 2.28. The first-order valence-corrected chi connectivity index (χ1v) is 6.18. The number of aromatic nitrogens is 1. The Bertz CT molecular complexity index is 440. The van der Waals surface area contributed by atoms with Crippen molar-refractivity contribution in [2.24, 2.45) is 4.99 Å². The number of rotatable bonds is 5. The fourth-order valence-corrected chi connectivity index (χ4v) is 1.73. The van der Waals surface area contributed by atoms with Gasteiger partial charge in [-0.1, -0.05) is 5.16 Å². The molecule has 1 aromatic heterocycles. The van der Waals surface area contributed by atoms with Gasteiger partial charge in [-0.3, -0.25) is 15.6 Å². The second kappa shape index (κ2) is 7.52. The van der Waals surface area contributed by atoms with Crippen molar-refractivity contribution in [1.29, 1.82) is 5.26 Å². The van der Waals surface area contributed by atoms with Crippen LogP contribution >= 0.6 is 11.8 Å². The molecule has 0 aromatic carbocycles. The average molecular weight is 293 g/mol. The molecule has 104 valence electrons. The van der Waals surface area contributed by atoms with E-state index in [-0.39, 0.29) is 6.54 Å². The quantitative estimate of drug-likeness (QED) is 0.213. The van der Waals surface area contributed by atoms with E-state index in [4.69, 9.17) is 5.26 Å². The zero-order chi connectivity index (χ0) is 14.1. The first-order valence-electron chi connectivity index (χ1n) is 5.03. The minimum atomic E-state index is -4.63. The molecule has 1 rings (SSSR count). The van der Waals surface area contributed by atoms with Crippen molar-refractivity contribution in [3.63, 3.8) is 0 Å². The average Bonchev–Trinajstić information content (AvgIpc) is 2.79. The van der Waals surface area contributed by atoms with Gasteiger partial charge < -0.3 is 4.52 Å². The van der Waals surface area contributed by atoms with Crippen molar-refractivity contribution >= 4 is 17.7 Å². The van der Waals surface area contributed by atoms with E-state index in [0.29, 0.717) is 11.5 Å². The Kier molecular flexibility index (Phi) is 6.01. The van der Waals surface area contributed by atoms with Crippen LogP contribution in [0, 0.1) is 11.5 Å². The molecule has 0 atom stereocenters. The maximum atomic E-state index is 12.0. The van der Waals surface area contributed by atoms with Crippen LogP contribution in [-0.4, -0.2) is 29.7 Å². The zero-order valence-corrected chi connectivity index (χ0v) is 10.4. The number of halogens is 3. The normalized spacial score (nSPS) is 12.0. The van der Waals surface area contributed by atoms with Gasteiger partial charge in [0.1, 0.15) is 6.26 Å². The molecule has 1 heterocycles. The largest absolute Gasteiger partial charge is 0.484 e. The van der Waals surface area contributed by atoms with Crippen LogP contribution in [0.2, 0.25) is 0 Å². The number of hydrogen-bond donors (Lipinski definition) is 2. The molecule has 0 unspecified atom stereocenters. The van der Waals surface area contributed by atoms with Gasteiger partial charge in [-0.15, -0.1) is 0 Å². The molecular formula is C9H10F3N5OS. The highest BCUT2D eigenvalue weighted by atomic mass is 32.2. The summed E-state index contributed by atoms with van der Waals surface area (Å²) in [6.45, 7) is 0.135. The Labute approximate surface area is 111 Å². The van der Waals surface area contributed by atoms with E-state index in [2.05, 4.69) is 14.7 Å². The van der Waals surface area contributed by atoms with Gasteiger partial charge in [0.2, 0.25) is 5.96 Å². The smallest absolute Gasteiger partial charge is 0.364 e. The molecule has 0 saturated heterocycles. The molecule has 0 radical (unpaired) electrons. The zero-order valence-electron chi connectivity index (χ0n) is 9.57. The highest BCUT2D eigenvalue weighted by molar-refractivity contribution is 7.98. The lowest BCUT2D eigenvalue weighted by atomic mass is 10.5. The third-order valence-corrected chi connectivity index (χ3v) is 2.65. The molecule has 6 nitrogen and oxygen atoms in total. The molecule has 0 saturated carbocycles. The van der Waals surface area contributed by atoms with Crippen molar-refractivity contribution in [2.75, 3.05) is 12.3 Å². The van der Waals surface area contributed by atoms with Crippen molar-refractivity contribution in [2.45, 2.75) is 12.1 Å². The summed E-state index contributed by atoms with van der Waals surface area (Å²) in [4.78, 5) is 3.60. The van der Waals surface area contributed by atoms with E-state index in [1.54, 1.807) is 6.07 Å². The van der Waals surface area contributed by atoms with E-state index >= 15 is 0 Å². The number of nitriles is 1. The molecule has 2 N–H and O–H groups in total. The van der Waals surface area contributed by atoms with Crippen molar-refractivity contribution in [3.8, 4) is 6.19 Å². The Morgan fingerprint density at radius 2 is 2.37 bits per heavy atom. The molecule has 0 aliphatic heterocycles. The lowest BCUT2D eigenvalue weighted by Gasteiger charge is -2.10. The standard InChI is InChI=1S/C9H10F3N5OS/c10-9(11,12)16-8(15-6-13)14-2-4-19-5-7-1-3-18-17-7/h1,3H,2,4-5H2,(H2,14,15,16). The predicted octanol–water partition coefficient (Wildman–Crippen LogP) is 1.44.